The predicted molar refractivity (Wildman–Crippen MR) is 118 cm³/mol. The first kappa shape index (κ1) is 23.6. The zero-order valence-corrected chi connectivity index (χ0v) is 18.6. The normalized spacial score (nSPS) is 16.1. The van der Waals surface area contributed by atoms with Crippen molar-refractivity contribution in [2.75, 3.05) is 26.3 Å². The number of aromatic nitrogens is 1. The second-order valence-corrected chi connectivity index (χ2v) is 7.93. The largest absolute Gasteiger partial charge is 0.485 e. The fraction of sp³-hybridized carbons (Fsp3) is 0.375. The lowest BCUT2D eigenvalue weighted by Gasteiger charge is -2.33. The third kappa shape index (κ3) is 5.01. The molecule has 8 nitrogen and oxygen atoms in total. The summed E-state index contributed by atoms with van der Waals surface area (Å²) in [6, 6.07) is 8.86. The van der Waals surface area contributed by atoms with Gasteiger partial charge in [0.15, 0.2) is 28.8 Å². The maximum Gasteiger partial charge on any atom is 0.419 e. The van der Waals surface area contributed by atoms with Crippen molar-refractivity contribution in [3.8, 4) is 5.75 Å². The topological polar surface area (TPSA) is 91.0 Å². The molecule has 1 aliphatic rings. The van der Waals surface area contributed by atoms with E-state index in [1.807, 2.05) is 0 Å². The zero-order valence-electron chi connectivity index (χ0n) is 18.6. The Balaban J connectivity index is 1.34. The first-order chi connectivity index (χ1) is 16.4. The predicted octanol–water partition coefficient (Wildman–Crippen LogP) is 3.16. The van der Waals surface area contributed by atoms with Gasteiger partial charge in [0.2, 0.25) is 5.91 Å². The highest BCUT2D eigenvalue weighted by molar-refractivity contribution is 5.96. The molecule has 1 saturated heterocycles. The van der Waals surface area contributed by atoms with E-state index in [0.29, 0.717) is 17.6 Å². The van der Waals surface area contributed by atoms with E-state index in [4.69, 9.17) is 13.9 Å². The van der Waals surface area contributed by atoms with E-state index in [1.165, 1.54) is 4.57 Å². The van der Waals surface area contributed by atoms with E-state index in [9.17, 15) is 23.2 Å². The minimum atomic E-state index is -0.974. The van der Waals surface area contributed by atoms with Crippen LogP contribution in [-0.2, 0) is 16.1 Å². The van der Waals surface area contributed by atoms with E-state index in [-0.39, 0.29) is 56.4 Å². The molecule has 0 aliphatic carbocycles. The SMILES string of the molecule is CCC(=O)c1cc(F)c(OCC2CN(C(=O)CCn3c(=O)oc4ccccc43)CCO2)c(F)c1. The summed E-state index contributed by atoms with van der Waals surface area (Å²) in [5, 5.41) is 0. The summed E-state index contributed by atoms with van der Waals surface area (Å²) in [6.07, 6.45) is -0.386. The molecule has 0 spiro atoms. The van der Waals surface area contributed by atoms with E-state index in [1.54, 1.807) is 36.1 Å². The number of carbonyl (C=O) groups is 2. The molecule has 1 amide bonds. The van der Waals surface area contributed by atoms with Crippen molar-refractivity contribution in [2.45, 2.75) is 32.4 Å². The summed E-state index contributed by atoms with van der Waals surface area (Å²) in [5.74, 6) is -3.63. The van der Waals surface area contributed by atoms with Crippen LogP contribution in [0.2, 0.25) is 0 Å². The molecule has 180 valence electrons. The number of nitrogens with zero attached hydrogens (tertiary/aromatic N) is 2. The van der Waals surface area contributed by atoms with Gasteiger partial charge in [-0.2, -0.15) is 0 Å². The summed E-state index contributed by atoms with van der Waals surface area (Å²) in [7, 11) is 0. The molecule has 3 aromatic rings. The third-order valence-electron chi connectivity index (χ3n) is 5.67. The number of para-hydroxylation sites is 2. The van der Waals surface area contributed by atoms with Gasteiger partial charge in [-0.05, 0) is 24.3 Å². The van der Waals surface area contributed by atoms with Crippen molar-refractivity contribution >= 4 is 22.8 Å². The maximum absolute atomic E-state index is 14.3. The molecule has 0 bridgehead atoms. The Bertz CT molecular complexity index is 1240. The van der Waals surface area contributed by atoms with Gasteiger partial charge in [0, 0.05) is 31.5 Å². The minimum absolute atomic E-state index is 0.0555. The number of benzene rings is 2. The minimum Gasteiger partial charge on any atom is -0.485 e. The second kappa shape index (κ2) is 10.2. The third-order valence-corrected chi connectivity index (χ3v) is 5.67. The van der Waals surface area contributed by atoms with Crippen LogP contribution in [-0.4, -0.2) is 53.6 Å². The molecule has 0 radical (unpaired) electrons. The average Bonchev–Trinajstić information content (AvgIpc) is 3.16. The fourth-order valence-electron chi connectivity index (χ4n) is 3.88. The molecule has 34 heavy (non-hydrogen) atoms. The number of rotatable bonds is 8. The van der Waals surface area contributed by atoms with Crippen molar-refractivity contribution < 1.29 is 32.3 Å². The molecule has 1 aliphatic heterocycles. The van der Waals surface area contributed by atoms with Gasteiger partial charge in [0.1, 0.15) is 12.7 Å². The van der Waals surface area contributed by atoms with Crippen molar-refractivity contribution in [3.05, 3.63) is 64.1 Å². The van der Waals surface area contributed by atoms with Crippen LogP contribution >= 0.6 is 0 Å². The average molecular weight is 474 g/mol. The number of carbonyl (C=O) groups excluding carboxylic acids is 2. The standard InChI is InChI=1S/C24H24F2N2O6/c1-2-20(29)15-11-17(25)23(18(26)12-15)33-14-16-13-27(9-10-32-16)22(30)7-8-28-19-5-3-4-6-21(19)34-24(28)31/h3-6,11-12,16H,2,7-10,13-14H2,1H3. The van der Waals surface area contributed by atoms with Crippen molar-refractivity contribution in [2.24, 2.45) is 0 Å². The van der Waals surface area contributed by atoms with Gasteiger partial charge in [-0.1, -0.05) is 19.1 Å². The number of fused-ring (bicyclic) bond motifs is 1. The molecular formula is C24H24F2N2O6. The number of amides is 1. The van der Waals surface area contributed by atoms with Gasteiger partial charge >= 0.3 is 5.76 Å². The Morgan fingerprint density at radius 1 is 1.18 bits per heavy atom. The highest BCUT2D eigenvalue weighted by Gasteiger charge is 2.26. The summed E-state index contributed by atoms with van der Waals surface area (Å²) in [6.45, 7) is 2.36. The van der Waals surface area contributed by atoms with Gasteiger partial charge in [0.05, 0.1) is 18.7 Å². The number of hydrogen-bond donors (Lipinski definition) is 0. The van der Waals surface area contributed by atoms with Crippen molar-refractivity contribution in [1.29, 1.82) is 0 Å². The monoisotopic (exact) mass is 474 g/mol. The van der Waals surface area contributed by atoms with Crippen LogP contribution in [0.1, 0.15) is 30.1 Å². The van der Waals surface area contributed by atoms with Crippen LogP contribution < -0.4 is 10.5 Å². The van der Waals surface area contributed by atoms with E-state index >= 15 is 0 Å². The van der Waals surface area contributed by atoms with Gasteiger partial charge < -0.3 is 18.8 Å². The molecule has 1 atom stereocenters. The van der Waals surface area contributed by atoms with E-state index in [0.717, 1.165) is 12.1 Å². The Hall–Kier alpha value is -3.53. The molecule has 1 aromatic heterocycles. The highest BCUT2D eigenvalue weighted by atomic mass is 19.1. The number of oxazole rings is 1. The van der Waals surface area contributed by atoms with Gasteiger partial charge in [-0.3, -0.25) is 14.2 Å². The molecule has 0 saturated carbocycles. The molecule has 2 aromatic carbocycles. The molecule has 1 unspecified atom stereocenters. The number of halogens is 2. The number of aryl methyl sites for hydroxylation is 1. The van der Waals surface area contributed by atoms with Crippen LogP contribution in [0.25, 0.3) is 11.1 Å². The molecular weight excluding hydrogens is 450 g/mol. The van der Waals surface area contributed by atoms with Gasteiger partial charge in [-0.15, -0.1) is 0 Å². The summed E-state index contributed by atoms with van der Waals surface area (Å²) < 4.78 is 46.0. The van der Waals surface area contributed by atoms with Crippen molar-refractivity contribution in [1.82, 2.24) is 9.47 Å². The lowest BCUT2D eigenvalue weighted by molar-refractivity contribution is -0.140. The fourth-order valence-corrected chi connectivity index (χ4v) is 3.88. The van der Waals surface area contributed by atoms with Crippen LogP contribution in [0.15, 0.2) is 45.6 Å². The first-order valence-corrected chi connectivity index (χ1v) is 11.0. The molecule has 2 heterocycles. The Morgan fingerprint density at radius 2 is 1.91 bits per heavy atom. The molecule has 0 N–H and O–H groups in total. The summed E-state index contributed by atoms with van der Waals surface area (Å²) in [5.41, 5.74) is 1.01. The number of morpholine rings is 1. The smallest absolute Gasteiger partial charge is 0.419 e. The lowest BCUT2D eigenvalue weighted by atomic mass is 10.1. The van der Waals surface area contributed by atoms with Crippen LogP contribution in [0.5, 0.6) is 5.75 Å². The Morgan fingerprint density at radius 3 is 2.65 bits per heavy atom. The molecule has 1 fully saturated rings. The Kier molecular flexibility index (Phi) is 7.06. The highest BCUT2D eigenvalue weighted by Crippen LogP contribution is 2.25. The van der Waals surface area contributed by atoms with Crippen LogP contribution in [0.3, 0.4) is 0 Å². The summed E-state index contributed by atoms with van der Waals surface area (Å²) in [4.78, 5) is 38.1. The Labute approximate surface area is 193 Å². The number of Topliss-reactive ketones (excluding diaryl/α,β-unsaturated/α-hetero) is 1. The zero-order chi connectivity index (χ0) is 24.2. The number of hydrogen-bond acceptors (Lipinski definition) is 6. The van der Waals surface area contributed by atoms with E-state index in [2.05, 4.69) is 0 Å². The molecule has 10 heteroatoms. The second-order valence-electron chi connectivity index (χ2n) is 7.93. The van der Waals surface area contributed by atoms with E-state index < -0.39 is 29.2 Å². The van der Waals surface area contributed by atoms with Gasteiger partial charge in [-0.25, -0.2) is 13.6 Å². The summed E-state index contributed by atoms with van der Waals surface area (Å²) >= 11 is 0. The number of ether oxygens (including phenoxy) is 2. The molecule has 4 rings (SSSR count). The lowest BCUT2D eigenvalue weighted by Crippen LogP contribution is -2.47. The van der Waals surface area contributed by atoms with Crippen LogP contribution in [0.4, 0.5) is 8.78 Å². The first-order valence-electron chi connectivity index (χ1n) is 11.0. The van der Waals surface area contributed by atoms with Crippen LogP contribution in [0, 0.1) is 11.6 Å². The number of ketones is 1. The van der Waals surface area contributed by atoms with Crippen molar-refractivity contribution in [3.63, 3.8) is 0 Å². The maximum atomic E-state index is 14.3. The quantitative estimate of drug-likeness (QED) is 0.466. The van der Waals surface area contributed by atoms with Gasteiger partial charge in [0.25, 0.3) is 0 Å².